The zero-order valence-electron chi connectivity index (χ0n) is 14.1. The normalized spacial score (nSPS) is 15.4. The number of hydrogen-bond donors (Lipinski definition) is 0. The topological polar surface area (TPSA) is 81.5 Å². The summed E-state index contributed by atoms with van der Waals surface area (Å²) in [5, 5.41) is 8.96. The fourth-order valence-electron chi connectivity index (χ4n) is 2.86. The summed E-state index contributed by atoms with van der Waals surface area (Å²) in [6.45, 7) is 0.790. The Morgan fingerprint density at radius 2 is 1.52 bits per heavy atom. The van der Waals surface area contributed by atoms with Crippen molar-refractivity contribution >= 4 is 39.1 Å². The van der Waals surface area contributed by atoms with Gasteiger partial charge in [-0.2, -0.15) is 9.57 Å². The largest absolute Gasteiger partial charge is 0.336 e. The highest BCUT2D eigenvalue weighted by Gasteiger charge is 2.33. The number of sulfonamides is 1. The first-order chi connectivity index (χ1) is 12.8. The first kappa shape index (κ1) is 19.6. The third-order valence-corrected chi connectivity index (χ3v) is 7.16. The van der Waals surface area contributed by atoms with Gasteiger partial charge in [-0.1, -0.05) is 29.3 Å². The van der Waals surface area contributed by atoms with Gasteiger partial charge in [-0.25, -0.2) is 8.42 Å². The molecule has 27 heavy (non-hydrogen) atoms. The minimum Gasteiger partial charge on any atom is -0.336 e. The lowest BCUT2D eigenvalue weighted by Gasteiger charge is -2.34. The molecule has 140 valence electrons. The lowest BCUT2D eigenvalue weighted by molar-refractivity contribution is 0.0698. The predicted molar refractivity (Wildman–Crippen MR) is 102 cm³/mol. The first-order valence-electron chi connectivity index (χ1n) is 8.08. The Balaban J connectivity index is 1.73. The van der Waals surface area contributed by atoms with Gasteiger partial charge in [0.05, 0.1) is 21.7 Å². The van der Waals surface area contributed by atoms with E-state index in [1.54, 1.807) is 35.2 Å². The van der Waals surface area contributed by atoms with E-state index in [9.17, 15) is 13.2 Å². The van der Waals surface area contributed by atoms with Gasteiger partial charge in [0, 0.05) is 31.7 Å². The molecule has 0 N–H and O–H groups in total. The molecule has 0 saturated carbocycles. The summed E-state index contributed by atoms with van der Waals surface area (Å²) in [7, 11) is -3.85. The summed E-state index contributed by atoms with van der Waals surface area (Å²) in [6.07, 6.45) is 0. The van der Waals surface area contributed by atoms with Crippen molar-refractivity contribution in [2.45, 2.75) is 4.90 Å². The molecular formula is C18H15Cl2N3O3S. The number of rotatable bonds is 3. The maximum atomic E-state index is 12.9. The number of halogens is 2. The number of piperazine rings is 1. The Bertz CT molecular complexity index is 989. The second-order valence-corrected chi connectivity index (χ2v) is 8.63. The lowest BCUT2D eigenvalue weighted by atomic mass is 10.1. The maximum Gasteiger partial charge on any atom is 0.253 e. The third kappa shape index (κ3) is 3.94. The van der Waals surface area contributed by atoms with Crippen molar-refractivity contribution in [2.24, 2.45) is 0 Å². The van der Waals surface area contributed by atoms with Crippen molar-refractivity contribution in [3.05, 3.63) is 63.6 Å². The summed E-state index contributed by atoms with van der Waals surface area (Å²) in [5.41, 5.74) is 0.929. The molecule has 0 bridgehead atoms. The molecule has 1 heterocycles. The Kier molecular flexibility index (Phi) is 5.72. The number of hydrogen-bond acceptors (Lipinski definition) is 4. The highest BCUT2D eigenvalue weighted by molar-refractivity contribution is 7.89. The van der Waals surface area contributed by atoms with Crippen LogP contribution in [-0.2, 0) is 10.0 Å². The minimum atomic E-state index is -3.85. The van der Waals surface area contributed by atoms with Crippen LogP contribution in [0.3, 0.4) is 0 Å². The van der Waals surface area contributed by atoms with Crippen molar-refractivity contribution in [1.29, 1.82) is 5.26 Å². The summed E-state index contributed by atoms with van der Waals surface area (Å²) < 4.78 is 27.0. The van der Waals surface area contributed by atoms with E-state index in [2.05, 4.69) is 0 Å². The van der Waals surface area contributed by atoms with Crippen molar-refractivity contribution in [3.8, 4) is 6.07 Å². The fraction of sp³-hybridized carbons (Fsp3) is 0.222. The molecule has 2 aromatic carbocycles. The van der Waals surface area contributed by atoms with Crippen molar-refractivity contribution in [1.82, 2.24) is 9.21 Å². The summed E-state index contributed by atoms with van der Waals surface area (Å²) in [4.78, 5) is 14.0. The van der Waals surface area contributed by atoms with Gasteiger partial charge < -0.3 is 4.90 Å². The molecule has 0 aromatic heterocycles. The molecule has 0 radical (unpaired) electrons. The molecule has 1 saturated heterocycles. The SMILES string of the molecule is N#Cc1ccc(C(=O)N2CCN(S(=O)(=O)c3c(Cl)cccc3Cl)CC2)cc1. The van der Waals surface area contributed by atoms with E-state index in [0.29, 0.717) is 11.1 Å². The van der Waals surface area contributed by atoms with Crippen LogP contribution in [0.15, 0.2) is 47.4 Å². The molecule has 1 amide bonds. The van der Waals surface area contributed by atoms with E-state index in [4.69, 9.17) is 28.5 Å². The molecule has 3 rings (SSSR count). The molecule has 0 aliphatic carbocycles. The standard InChI is InChI=1S/C18H15Cl2N3O3S/c19-15-2-1-3-16(20)17(15)27(25,26)23-10-8-22(9-11-23)18(24)14-6-4-13(12-21)5-7-14/h1-7H,8-11H2. The average molecular weight is 424 g/mol. The van der Waals surface area contributed by atoms with Crippen LogP contribution in [0.4, 0.5) is 0 Å². The van der Waals surface area contributed by atoms with E-state index in [-0.39, 0.29) is 47.0 Å². The van der Waals surface area contributed by atoms with Crippen LogP contribution in [-0.4, -0.2) is 49.7 Å². The van der Waals surface area contributed by atoms with Gasteiger partial charge in [0.1, 0.15) is 4.90 Å². The zero-order valence-corrected chi connectivity index (χ0v) is 16.4. The van der Waals surface area contributed by atoms with Crippen LogP contribution in [0, 0.1) is 11.3 Å². The molecule has 9 heteroatoms. The van der Waals surface area contributed by atoms with Crippen molar-refractivity contribution in [3.63, 3.8) is 0 Å². The van der Waals surface area contributed by atoms with Crippen LogP contribution in [0.1, 0.15) is 15.9 Å². The maximum absolute atomic E-state index is 12.9. The first-order valence-corrected chi connectivity index (χ1v) is 10.3. The van der Waals surface area contributed by atoms with Gasteiger partial charge in [0.2, 0.25) is 10.0 Å². The molecule has 1 aliphatic heterocycles. The minimum absolute atomic E-state index is 0.0681. The van der Waals surface area contributed by atoms with Gasteiger partial charge >= 0.3 is 0 Å². The second-order valence-electron chi connectivity index (χ2n) is 5.94. The lowest BCUT2D eigenvalue weighted by Crippen LogP contribution is -2.50. The van der Waals surface area contributed by atoms with Gasteiger partial charge in [-0.15, -0.1) is 0 Å². The Morgan fingerprint density at radius 3 is 2.04 bits per heavy atom. The van der Waals surface area contributed by atoms with Crippen LogP contribution in [0.2, 0.25) is 10.0 Å². The summed E-state index contributed by atoms with van der Waals surface area (Å²) in [6, 6.07) is 12.9. The number of nitriles is 1. The van der Waals surface area contributed by atoms with E-state index in [0.717, 1.165) is 0 Å². The number of carbonyl (C=O) groups is 1. The van der Waals surface area contributed by atoms with E-state index >= 15 is 0 Å². The molecule has 1 aliphatic rings. The monoisotopic (exact) mass is 423 g/mol. The van der Waals surface area contributed by atoms with Gasteiger partial charge in [-0.3, -0.25) is 4.79 Å². The second kappa shape index (κ2) is 7.87. The predicted octanol–water partition coefficient (Wildman–Crippen LogP) is 3.01. The van der Waals surface area contributed by atoms with Gasteiger partial charge in [-0.05, 0) is 36.4 Å². The van der Waals surface area contributed by atoms with E-state index in [1.807, 2.05) is 6.07 Å². The highest BCUT2D eigenvalue weighted by Crippen LogP contribution is 2.32. The quantitative estimate of drug-likeness (QED) is 0.759. The van der Waals surface area contributed by atoms with Crippen molar-refractivity contribution in [2.75, 3.05) is 26.2 Å². The molecular weight excluding hydrogens is 409 g/mol. The van der Waals surface area contributed by atoms with E-state index in [1.165, 1.54) is 16.4 Å². The highest BCUT2D eigenvalue weighted by atomic mass is 35.5. The Hall–Kier alpha value is -2.11. The number of nitrogens with zero attached hydrogens (tertiary/aromatic N) is 3. The van der Waals surface area contributed by atoms with E-state index < -0.39 is 10.0 Å². The van der Waals surface area contributed by atoms with Gasteiger partial charge in [0.15, 0.2) is 0 Å². The summed E-state index contributed by atoms with van der Waals surface area (Å²) >= 11 is 12.1. The number of carbonyl (C=O) groups excluding carboxylic acids is 1. The van der Waals surface area contributed by atoms with Crippen molar-refractivity contribution < 1.29 is 13.2 Å². The number of amides is 1. The Labute approximate surface area is 167 Å². The molecule has 0 unspecified atom stereocenters. The smallest absolute Gasteiger partial charge is 0.253 e. The number of benzene rings is 2. The van der Waals surface area contributed by atoms with Crippen LogP contribution in [0.5, 0.6) is 0 Å². The molecule has 0 atom stereocenters. The molecule has 6 nitrogen and oxygen atoms in total. The molecule has 0 spiro atoms. The molecule has 1 fully saturated rings. The van der Waals surface area contributed by atoms with Crippen LogP contribution >= 0.6 is 23.2 Å². The zero-order chi connectivity index (χ0) is 19.6. The summed E-state index contributed by atoms with van der Waals surface area (Å²) in [5.74, 6) is -0.202. The van der Waals surface area contributed by atoms with Gasteiger partial charge in [0.25, 0.3) is 5.91 Å². The Morgan fingerprint density at radius 1 is 0.963 bits per heavy atom. The molecule has 2 aromatic rings. The fourth-order valence-corrected chi connectivity index (χ4v) is 5.37. The van der Waals surface area contributed by atoms with Crippen LogP contribution < -0.4 is 0 Å². The third-order valence-electron chi connectivity index (χ3n) is 4.30. The van der Waals surface area contributed by atoms with Crippen LogP contribution in [0.25, 0.3) is 0 Å². The average Bonchev–Trinajstić information content (AvgIpc) is 2.67.